The monoisotopic (exact) mass is 462 g/mol. The van der Waals surface area contributed by atoms with Gasteiger partial charge in [-0.05, 0) is 18.2 Å². The SMILES string of the molecule is O=C(Nc1ccnc(-c2cc(-c3ccon3)n(Cc3ccccc3F)n2)n1)C(O)C(F)(F)F. The van der Waals surface area contributed by atoms with Gasteiger partial charge in [-0.2, -0.15) is 18.3 Å². The summed E-state index contributed by atoms with van der Waals surface area (Å²) < 4.78 is 58.1. The summed E-state index contributed by atoms with van der Waals surface area (Å²) in [5.41, 5.74) is 1.35. The number of benzene rings is 1. The number of nitrogens with one attached hydrogen (secondary N) is 1. The van der Waals surface area contributed by atoms with E-state index in [2.05, 4.69) is 20.2 Å². The zero-order chi connectivity index (χ0) is 23.6. The summed E-state index contributed by atoms with van der Waals surface area (Å²) in [6.07, 6.45) is -5.80. The first-order valence-corrected chi connectivity index (χ1v) is 9.33. The molecule has 0 spiro atoms. The van der Waals surface area contributed by atoms with Crippen LogP contribution in [0.4, 0.5) is 23.4 Å². The summed E-state index contributed by atoms with van der Waals surface area (Å²) in [5.74, 6) is -2.45. The van der Waals surface area contributed by atoms with Crippen LogP contribution in [-0.4, -0.2) is 48.2 Å². The van der Waals surface area contributed by atoms with Crippen LogP contribution in [0.3, 0.4) is 0 Å². The standard InChI is InChI=1S/C20H14F4N6O3/c21-12-4-2-1-3-11(12)10-30-15(13-6-8-33-29-13)9-14(28-30)18-25-7-5-16(26-18)27-19(32)17(31)20(22,23)24/h1-9,17,31H,10H2,(H,25,26,27,32). The predicted molar refractivity (Wildman–Crippen MR) is 105 cm³/mol. The third-order valence-electron chi connectivity index (χ3n) is 4.45. The Morgan fingerprint density at radius 3 is 2.67 bits per heavy atom. The first-order valence-electron chi connectivity index (χ1n) is 9.33. The quantitative estimate of drug-likeness (QED) is 0.423. The molecule has 170 valence electrons. The average molecular weight is 462 g/mol. The maximum Gasteiger partial charge on any atom is 0.423 e. The molecule has 3 heterocycles. The highest BCUT2D eigenvalue weighted by molar-refractivity contribution is 5.93. The minimum Gasteiger partial charge on any atom is -0.376 e. The molecule has 0 aliphatic carbocycles. The van der Waals surface area contributed by atoms with Crippen LogP contribution >= 0.6 is 0 Å². The maximum absolute atomic E-state index is 14.2. The smallest absolute Gasteiger partial charge is 0.376 e. The summed E-state index contributed by atoms with van der Waals surface area (Å²) in [6.45, 7) is 0.0308. The molecule has 0 radical (unpaired) electrons. The molecule has 33 heavy (non-hydrogen) atoms. The van der Waals surface area contributed by atoms with Crippen molar-refractivity contribution in [2.45, 2.75) is 18.8 Å². The van der Waals surface area contributed by atoms with E-state index in [0.717, 1.165) is 6.07 Å². The molecule has 0 saturated heterocycles. The number of nitrogens with zero attached hydrogens (tertiary/aromatic N) is 5. The third kappa shape index (κ3) is 4.87. The van der Waals surface area contributed by atoms with E-state index in [1.54, 1.807) is 24.3 Å². The third-order valence-corrected chi connectivity index (χ3v) is 4.45. The van der Waals surface area contributed by atoms with Gasteiger partial charge in [-0.3, -0.25) is 9.48 Å². The fourth-order valence-corrected chi connectivity index (χ4v) is 2.88. The molecule has 0 aliphatic heterocycles. The average Bonchev–Trinajstić information content (AvgIpc) is 3.44. The molecule has 0 bridgehead atoms. The second-order valence-electron chi connectivity index (χ2n) is 6.75. The number of hydrogen-bond acceptors (Lipinski definition) is 7. The van der Waals surface area contributed by atoms with Gasteiger partial charge in [0, 0.05) is 17.8 Å². The number of carbonyl (C=O) groups excluding carboxylic acids is 1. The first kappa shape index (κ1) is 22.1. The van der Waals surface area contributed by atoms with Crippen molar-refractivity contribution in [1.82, 2.24) is 24.9 Å². The number of aromatic nitrogens is 5. The second kappa shape index (κ2) is 8.78. The highest BCUT2D eigenvalue weighted by Crippen LogP contribution is 2.26. The van der Waals surface area contributed by atoms with Gasteiger partial charge in [0.25, 0.3) is 5.91 Å². The van der Waals surface area contributed by atoms with Crippen molar-refractivity contribution in [2.24, 2.45) is 0 Å². The number of amides is 1. The van der Waals surface area contributed by atoms with Gasteiger partial charge < -0.3 is 14.9 Å². The molecule has 9 nitrogen and oxygen atoms in total. The fraction of sp³-hybridized carbons (Fsp3) is 0.150. The second-order valence-corrected chi connectivity index (χ2v) is 6.75. The predicted octanol–water partition coefficient (Wildman–Crippen LogP) is 3.04. The molecular weight excluding hydrogens is 448 g/mol. The van der Waals surface area contributed by atoms with E-state index in [1.165, 1.54) is 29.3 Å². The molecule has 2 N–H and O–H groups in total. The van der Waals surface area contributed by atoms with Crippen LogP contribution in [0, 0.1) is 5.82 Å². The number of aliphatic hydroxyl groups excluding tert-OH is 1. The molecule has 1 amide bonds. The normalized spacial score (nSPS) is 12.5. The van der Waals surface area contributed by atoms with Crippen molar-refractivity contribution < 1.29 is 32.0 Å². The van der Waals surface area contributed by atoms with Gasteiger partial charge >= 0.3 is 6.18 Å². The summed E-state index contributed by atoms with van der Waals surface area (Å²) in [6, 6.07) is 10.4. The number of halogens is 4. The summed E-state index contributed by atoms with van der Waals surface area (Å²) >= 11 is 0. The van der Waals surface area contributed by atoms with E-state index < -0.39 is 24.0 Å². The topological polar surface area (TPSA) is 119 Å². The van der Waals surface area contributed by atoms with Crippen LogP contribution in [0.5, 0.6) is 0 Å². The highest BCUT2D eigenvalue weighted by Gasteiger charge is 2.43. The van der Waals surface area contributed by atoms with Gasteiger partial charge in [0.1, 0.15) is 29.3 Å². The number of carbonyl (C=O) groups is 1. The molecule has 3 aromatic heterocycles. The Labute approximate surface area is 182 Å². The van der Waals surface area contributed by atoms with Crippen LogP contribution in [0.1, 0.15) is 5.56 Å². The molecule has 0 fully saturated rings. The molecular formula is C20H14F4N6O3. The van der Waals surface area contributed by atoms with Crippen LogP contribution in [0.2, 0.25) is 0 Å². The van der Waals surface area contributed by atoms with E-state index in [9.17, 15) is 22.4 Å². The minimum atomic E-state index is -5.13. The Morgan fingerprint density at radius 1 is 1.18 bits per heavy atom. The van der Waals surface area contributed by atoms with Crippen LogP contribution in [0.25, 0.3) is 22.9 Å². The lowest BCUT2D eigenvalue weighted by molar-refractivity contribution is -0.202. The molecule has 0 aliphatic rings. The van der Waals surface area contributed by atoms with Crippen molar-refractivity contribution in [1.29, 1.82) is 0 Å². The van der Waals surface area contributed by atoms with Crippen molar-refractivity contribution in [3.63, 3.8) is 0 Å². The van der Waals surface area contributed by atoms with Gasteiger partial charge in [-0.25, -0.2) is 14.4 Å². The van der Waals surface area contributed by atoms with E-state index >= 15 is 0 Å². The number of aliphatic hydroxyl groups is 1. The summed E-state index contributed by atoms with van der Waals surface area (Å²) in [7, 11) is 0. The lowest BCUT2D eigenvalue weighted by Crippen LogP contribution is -2.40. The van der Waals surface area contributed by atoms with Crippen molar-refractivity contribution >= 4 is 11.7 Å². The number of hydrogen-bond donors (Lipinski definition) is 2. The van der Waals surface area contributed by atoms with Gasteiger partial charge in [-0.15, -0.1) is 0 Å². The van der Waals surface area contributed by atoms with Gasteiger partial charge in [-0.1, -0.05) is 23.4 Å². The number of alkyl halides is 3. The Morgan fingerprint density at radius 2 is 1.97 bits per heavy atom. The molecule has 4 rings (SSSR count). The van der Waals surface area contributed by atoms with Crippen LogP contribution in [-0.2, 0) is 11.3 Å². The Hall–Kier alpha value is -4.13. The Kier molecular flexibility index (Phi) is 5.87. The maximum atomic E-state index is 14.2. The lowest BCUT2D eigenvalue weighted by Gasteiger charge is -2.13. The molecule has 4 aromatic rings. The first-order chi connectivity index (χ1) is 15.7. The largest absolute Gasteiger partial charge is 0.423 e. The summed E-state index contributed by atoms with van der Waals surface area (Å²) in [4.78, 5) is 19.7. The van der Waals surface area contributed by atoms with Crippen LogP contribution in [0.15, 0.2) is 59.4 Å². The zero-order valence-corrected chi connectivity index (χ0v) is 16.5. The molecule has 1 aromatic carbocycles. The van der Waals surface area contributed by atoms with Gasteiger partial charge in [0.15, 0.2) is 5.82 Å². The molecule has 1 unspecified atom stereocenters. The summed E-state index contributed by atoms with van der Waals surface area (Å²) in [5, 5.41) is 19.2. The fourth-order valence-electron chi connectivity index (χ4n) is 2.88. The van der Waals surface area contributed by atoms with E-state index in [4.69, 9.17) is 9.63 Å². The van der Waals surface area contributed by atoms with E-state index in [1.807, 2.05) is 5.32 Å². The zero-order valence-electron chi connectivity index (χ0n) is 16.5. The van der Waals surface area contributed by atoms with Crippen molar-refractivity contribution in [2.75, 3.05) is 5.32 Å². The van der Waals surface area contributed by atoms with Gasteiger partial charge in [0.2, 0.25) is 6.10 Å². The Balaban J connectivity index is 1.66. The Bertz CT molecular complexity index is 1270. The van der Waals surface area contributed by atoms with Crippen molar-refractivity contribution in [3.05, 3.63) is 66.3 Å². The minimum absolute atomic E-state index is 0.0308. The van der Waals surface area contributed by atoms with Gasteiger partial charge in [0.05, 0.1) is 12.2 Å². The van der Waals surface area contributed by atoms with E-state index in [-0.39, 0.29) is 23.9 Å². The molecule has 1 atom stereocenters. The lowest BCUT2D eigenvalue weighted by atomic mass is 10.2. The molecule has 0 saturated carbocycles. The molecule has 13 heteroatoms. The van der Waals surface area contributed by atoms with Crippen LogP contribution < -0.4 is 5.32 Å². The van der Waals surface area contributed by atoms with E-state index in [0.29, 0.717) is 17.0 Å². The van der Waals surface area contributed by atoms with Crippen molar-refractivity contribution in [3.8, 4) is 22.9 Å². The number of rotatable bonds is 6. The number of anilines is 1. The highest BCUT2D eigenvalue weighted by atomic mass is 19.4.